The first-order valence-electron chi connectivity index (χ1n) is 7.02. The Morgan fingerprint density at radius 1 is 1.40 bits per heavy atom. The number of hydrogen-bond donors (Lipinski definition) is 1. The van der Waals surface area contributed by atoms with Crippen LogP contribution in [0.2, 0.25) is 0 Å². The number of likely N-dealkylation sites (tertiary alicyclic amines) is 1. The highest BCUT2D eigenvalue weighted by molar-refractivity contribution is 5.91. The number of nitrogens with zero attached hydrogens (tertiary/aromatic N) is 1. The second kappa shape index (κ2) is 6.61. The van der Waals surface area contributed by atoms with Crippen molar-refractivity contribution in [2.75, 3.05) is 32.5 Å². The molecule has 1 heterocycles. The minimum Gasteiger partial charge on any atom is -0.488 e. The number of anilines is 1. The van der Waals surface area contributed by atoms with Gasteiger partial charge in [-0.1, -0.05) is 0 Å². The molecule has 20 heavy (non-hydrogen) atoms. The Morgan fingerprint density at radius 3 is 2.70 bits per heavy atom. The molecule has 0 aliphatic carbocycles. The zero-order chi connectivity index (χ0) is 14.5. The molecule has 1 aliphatic heterocycles. The fourth-order valence-electron chi connectivity index (χ4n) is 2.28. The van der Waals surface area contributed by atoms with Gasteiger partial charge in [0.25, 0.3) is 0 Å². The molecule has 0 amide bonds. The van der Waals surface area contributed by atoms with Gasteiger partial charge in [-0.05, 0) is 45.0 Å². The molecule has 1 aromatic rings. The third-order valence-corrected chi connectivity index (χ3v) is 3.48. The van der Waals surface area contributed by atoms with Gasteiger partial charge < -0.3 is 20.1 Å². The van der Waals surface area contributed by atoms with E-state index in [1.807, 2.05) is 0 Å². The monoisotopic (exact) mass is 278 g/mol. The predicted molar refractivity (Wildman–Crippen MR) is 78.0 cm³/mol. The van der Waals surface area contributed by atoms with Crippen molar-refractivity contribution >= 4 is 11.7 Å². The molecule has 1 fully saturated rings. The molecule has 5 heteroatoms. The van der Waals surface area contributed by atoms with E-state index in [9.17, 15) is 4.79 Å². The first kappa shape index (κ1) is 14.7. The number of ether oxygens (including phenoxy) is 2. The standard InChI is InChI=1S/C15H22N2O3/c1-3-19-15(18)11-4-5-14(13(16)10-11)20-12-6-8-17(2)9-7-12/h4-5,10,12H,3,6-9,16H2,1-2H3. The molecule has 0 bridgehead atoms. The van der Waals surface area contributed by atoms with E-state index in [2.05, 4.69) is 11.9 Å². The van der Waals surface area contributed by atoms with Gasteiger partial charge in [-0.3, -0.25) is 0 Å². The van der Waals surface area contributed by atoms with Crippen molar-refractivity contribution in [3.8, 4) is 5.75 Å². The molecule has 2 rings (SSSR count). The van der Waals surface area contributed by atoms with Crippen LogP contribution >= 0.6 is 0 Å². The fraction of sp³-hybridized carbons (Fsp3) is 0.533. The van der Waals surface area contributed by atoms with Crippen molar-refractivity contribution in [2.24, 2.45) is 0 Å². The molecule has 1 aromatic carbocycles. The van der Waals surface area contributed by atoms with Gasteiger partial charge in [0, 0.05) is 13.1 Å². The average molecular weight is 278 g/mol. The number of esters is 1. The van der Waals surface area contributed by atoms with Gasteiger partial charge >= 0.3 is 5.97 Å². The molecule has 1 aliphatic rings. The average Bonchev–Trinajstić information content (AvgIpc) is 2.43. The lowest BCUT2D eigenvalue weighted by Crippen LogP contribution is -2.35. The van der Waals surface area contributed by atoms with Crippen molar-refractivity contribution in [3.63, 3.8) is 0 Å². The topological polar surface area (TPSA) is 64.8 Å². The minimum atomic E-state index is -0.356. The zero-order valence-corrected chi connectivity index (χ0v) is 12.1. The molecule has 0 radical (unpaired) electrons. The summed E-state index contributed by atoms with van der Waals surface area (Å²) in [5.74, 6) is 0.289. The van der Waals surface area contributed by atoms with Gasteiger partial charge in [-0.2, -0.15) is 0 Å². The predicted octanol–water partition coefficient (Wildman–Crippen LogP) is 1.92. The number of rotatable bonds is 4. The molecule has 110 valence electrons. The summed E-state index contributed by atoms with van der Waals surface area (Å²) < 4.78 is 10.9. The summed E-state index contributed by atoms with van der Waals surface area (Å²) in [6.45, 7) is 4.20. The van der Waals surface area contributed by atoms with Crippen LogP contribution in [-0.2, 0) is 4.74 Å². The summed E-state index contributed by atoms with van der Waals surface area (Å²) in [7, 11) is 2.11. The maximum atomic E-state index is 11.6. The van der Waals surface area contributed by atoms with E-state index < -0.39 is 0 Å². The van der Waals surface area contributed by atoms with Gasteiger partial charge in [0.15, 0.2) is 0 Å². The van der Waals surface area contributed by atoms with E-state index in [0.29, 0.717) is 23.6 Å². The molecule has 0 saturated carbocycles. The molecule has 0 unspecified atom stereocenters. The smallest absolute Gasteiger partial charge is 0.338 e. The third-order valence-electron chi connectivity index (χ3n) is 3.48. The number of nitrogen functional groups attached to an aromatic ring is 1. The van der Waals surface area contributed by atoms with Gasteiger partial charge in [0.05, 0.1) is 17.9 Å². The van der Waals surface area contributed by atoms with Crippen LogP contribution in [0.1, 0.15) is 30.1 Å². The Bertz CT molecular complexity index is 468. The Labute approximate surface area is 119 Å². The van der Waals surface area contributed by atoms with Crippen molar-refractivity contribution in [3.05, 3.63) is 23.8 Å². The minimum absolute atomic E-state index is 0.196. The van der Waals surface area contributed by atoms with Crippen molar-refractivity contribution in [1.82, 2.24) is 4.90 Å². The lowest BCUT2D eigenvalue weighted by molar-refractivity contribution is 0.0526. The lowest BCUT2D eigenvalue weighted by atomic mass is 10.1. The van der Waals surface area contributed by atoms with Crippen LogP contribution in [0.15, 0.2) is 18.2 Å². The Hall–Kier alpha value is -1.75. The normalized spacial score (nSPS) is 16.9. The molecule has 0 atom stereocenters. The van der Waals surface area contributed by atoms with Gasteiger partial charge in [0.1, 0.15) is 11.9 Å². The number of nitrogens with two attached hydrogens (primary N) is 1. The second-order valence-corrected chi connectivity index (χ2v) is 5.09. The van der Waals surface area contributed by atoms with Crippen molar-refractivity contribution in [2.45, 2.75) is 25.9 Å². The van der Waals surface area contributed by atoms with Crippen LogP contribution in [-0.4, -0.2) is 43.7 Å². The summed E-state index contributed by atoms with van der Waals surface area (Å²) in [5.41, 5.74) is 6.90. The molecule has 0 spiro atoms. The highest BCUT2D eigenvalue weighted by atomic mass is 16.5. The molecule has 5 nitrogen and oxygen atoms in total. The maximum Gasteiger partial charge on any atom is 0.338 e. The number of carbonyl (C=O) groups excluding carboxylic acids is 1. The highest BCUT2D eigenvalue weighted by Crippen LogP contribution is 2.26. The zero-order valence-electron chi connectivity index (χ0n) is 12.1. The van der Waals surface area contributed by atoms with Crippen LogP contribution in [0, 0.1) is 0 Å². The molecule has 0 aromatic heterocycles. The number of benzene rings is 1. The van der Waals surface area contributed by atoms with Gasteiger partial charge in [-0.15, -0.1) is 0 Å². The van der Waals surface area contributed by atoms with Crippen LogP contribution in [0.4, 0.5) is 5.69 Å². The van der Waals surface area contributed by atoms with Crippen LogP contribution in [0.25, 0.3) is 0 Å². The van der Waals surface area contributed by atoms with Crippen LogP contribution < -0.4 is 10.5 Å². The summed E-state index contributed by atoms with van der Waals surface area (Å²) in [6.07, 6.45) is 2.19. The Morgan fingerprint density at radius 2 is 2.10 bits per heavy atom. The largest absolute Gasteiger partial charge is 0.488 e. The maximum absolute atomic E-state index is 11.6. The fourth-order valence-corrected chi connectivity index (χ4v) is 2.28. The van der Waals surface area contributed by atoms with E-state index >= 15 is 0 Å². The number of hydrogen-bond acceptors (Lipinski definition) is 5. The quantitative estimate of drug-likeness (QED) is 0.673. The number of carbonyl (C=O) groups is 1. The van der Waals surface area contributed by atoms with E-state index in [4.69, 9.17) is 15.2 Å². The summed E-state index contributed by atoms with van der Waals surface area (Å²) in [4.78, 5) is 13.9. The van der Waals surface area contributed by atoms with E-state index in [1.165, 1.54) is 0 Å². The summed E-state index contributed by atoms with van der Waals surface area (Å²) in [6, 6.07) is 5.06. The van der Waals surface area contributed by atoms with Crippen LogP contribution in [0.3, 0.4) is 0 Å². The first-order chi connectivity index (χ1) is 9.60. The Kier molecular flexibility index (Phi) is 4.84. The molecular formula is C15H22N2O3. The molecule has 2 N–H and O–H groups in total. The molecule has 1 saturated heterocycles. The van der Waals surface area contributed by atoms with E-state index in [1.54, 1.807) is 25.1 Å². The summed E-state index contributed by atoms with van der Waals surface area (Å²) >= 11 is 0. The third kappa shape index (κ3) is 3.63. The van der Waals surface area contributed by atoms with Gasteiger partial charge in [-0.25, -0.2) is 4.79 Å². The van der Waals surface area contributed by atoms with E-state index in [-0.39, 0.29) is 12.1 Å². The Balaban J connectivity index is 2.00. The second-order valence-electron chi connectivity index (χ2n) is 5.09. The molecular weight excluding hydrogens is 256 g/mol. The number of piperidine rings is 1. The lowest BCUT2D eigenvalue weighted by Gasteiger charge is -2.29. The van der Waals surface area contributed by atoms with Crippen LogP contribution in [0.5, 0.6) is 5.75 Å². The van der Waals surface area contributed by atoms with E-state index in [0.717, 1.165) is 25.9 Å². The van der Waals surface area contributed by atoms with Crippen molar-refractivity contribution < 1.29 is 14.3 Å². The van der Waals surface area contributed by atoms with Gasteiger partial charge in [0.2, 0.25) is 0 Å². The first-order valence-corrected chi connectivity index (χ1v) is 7.02. The SMILES string of the molecule is CCOC(=O)c1ccc(OC2CCN(C)CC2)c(N)c1. The summed E-state index contributed by atoms with van der Waals surface area (Å²) in [5, 5.41) is 0. The highest BCUT2D eigenvalue weighted by Gasteiger charge is 2.19. The van der Waals surface area contributed by atoms with Crippen molar-refractivity contribution in [1.29, 1.82) is 0 Å².